The molecule has 5 rings (SSSR count). The van der Waals surface area contributed by atoms with E-state index in [2.05, 4.69) is 4.90 Å². The maximum atomic E-state index is 14.0. The minimum Gasteiger partial charge on any atom is -0.493 e. The highest BCUT2D eigenvalue weighted by Crippen LogP contribution is 2.39. The number of piperidine rings is 1. The summed E-state index contributed by atoms with van der Waals surface area (Å²) in [6, 6.07) is 18.1. The van der Waals surface area contributed by atoms with Gasteiger partial charge in [0.15, 0.2) is 23.0 Å². The van der Waals surface area contributed by atoms with Gasteiger partial charge in [-0.2, -0.15) is 0 Å². The van der Waals surface area contributed by atoms with Crippen LogP contribution >= 0.6 is 0 Å². The Morgan fingerprint density at radius 3 is 2.43 bits per heavy atom. The normalized spacial score (nSPS) is 16.0. The fourth-order valence-corrected chi connectivity index (χ4v) is 6.90. The summed E-state index contributed by atoms with van der Waals surface area (Å²) in [5.41, 5.74) is 2.52. The number of benzene rings is 3. The number of ether oxygens (including phenoxy) is 4. The van der Waals surface area contributed by atoms with Crippen LogP contribution in [-0.2, 0) is 16.6 Å². The number of hydrogen-bond acceptors (Lipinski definition) is 7. The lowest BCUT2D eigenvalue weighted by Crippen LogP contribution is -2.47. The molecular weight excluding hydrogens is 492 g/mol. The second kappa shape index (κ2) is 10.5. The lowest BCUT2D eigenvalue weighted by atomic mass is 10.0. The number of nitrogens with zero attached hydrogens (tertiary/aromatic N) is 2. The minimum absolute atomic E-state index is 0.134. The number of aryl methyl sites for hydroxylation is 1. The summed E-state index contributed by atoms with van der Waals surface area (Å²) in [4.78, 5) is 2.61. The van der Waals surface area contributed by atoms with E-state index in [4.69, 9.17) is 18.9 Å². The summed E-state index contributed by atoms with van der Waals surface area (Å²) < 4.78 is 51.7. The molecule has 3 aromatic rings. The van der Waals surface area contributed by atoms with E-state index in [9.17, 15) is 8.42 Å². The quantitative estimate of drug-likeness (QED) is 0.426. The first-order chi connectivity index (χ1) is 17.9. The first kappa shape index (κ1) is 25.2. The van der Waals surface area contributed by atoms with Crippen molar-refractivity contribution in [3.63, 3.8) is 0 Å². The van der Waals surface area contributed by atoms with E-state index in [1.165, 1.54) is 0 Å². The highest BCUT2D eigenvalue weighted by Gasteiger charge is 2.35. The fourth-order valence-electron chi connectivity index (χ4n) is 5.09. The second-order valence-corrected chi connectivity index (χ2v) is 11.1. The molecule has 1 saturated heterocycles. The van der Waals surface area contributed by atoms with Gasteiger partial charge in [0, 0.05) is 37.3 Å². The molecule has 0 amide bonds. The van der Waals surface area contributed by atoms with Crippen molar-refractivity contribution in [2.75, 3.05) is 38.4 Å². The zero-order valence-corrected chi connectivity index (χ0v) is 22.2. The molecule has 0 bridgehead atoms. The van der Waals surface area contributed by atoms with Crippen molar-refractivity contribution in [1.29, 1.82) is 0 Å². The topological polar surface area (TPSA) is 77.5 Å². The monoisotopic (exact) mass is 524 g/mol. The fraction of sp³-hybridized carbons (Fsp3) is 0.357. The van der Waals surface area contributed by atoms with Crippen molar-refractivity contribution in [2.24, 2.45) is 0 Å². The number of para-hydroxylation sites is 1. The van der Waals surface area contributed by atoms with Gasteiger partial charge < -0.3 is 18.9 Å². The van der Waals surface area contributed by atoms with E-state index in [0.29, 0.717) is 42.3 Å². The Labute approximate surface area is 218 Å². The molecule has 0 spiro atoms. The lowest BCUT2D eigenvalue weighted by molar-refractivity contribution is 0.174. The highest BCUT2D eigenvalue weighted by molar-refractivity contribution is 7.92. The maximum absolute atomic E-state index is 14.0. The van der Waals surface area contributed by atoms with Gasteiger partial charge in [0.2, 0.25) is 6.79 Å². The molecule has 37 heavy (non-hydrogen) atoms. The van der Waals surface area contributed by atoms with Crippen molar-refractivity contribution >= 4 is 15.7 Å². The van der Waals surface area contributed by atoms with Gasteiger partial charge in [0.1, 0.15) is 0 Å². The Morgan fingerprint density at radius 1 is 0.946 bits per heavy atom. The number of methoxy groups -OCH3 is 2. The van der Waals surface area contributed by atoms with Gasteiger partial charge in [-0.25, -0.2) is 8.42 Å². The average molecular weight is 525 g/mol. The van der Waals surface area contributed by atoms with Crippen LogP contribution in [0.2, 0.25) is 0 Å². The molecule has 3 aromatic carbocycles. The predicted molar refractivity (Wildman–Crippen MR) is 141 cm³/mol. The number of fused-ring (bicyclic) bond motifs is 1. The van der Waals surface area contributed by atoms with Crippen LogP contribution in [0.15, 0.2) is 65.6 Å². The minimum atomic E-state index is -3.81. The summed E-state index contributed by atoms with van der Waals surface area (Å²) in [6.07, 6.45) is 1.37. The third-order valence-electron chi connectivity index (χ3n) is 6.92. The van der Waals surface area contributed by atoms with E-state index < -0.39 is 10.0 Å². The predicted octanol–water partition coefficient (Wildman–Crippen LogP) is 4.60. The Balaban J connectivity index is 1.41. The first-order valence-corrected chi connectivity index (χ1v) is 13.8. The molecule has 196 valence electrons. The number of anilines is 1. The molecule has 0 aliphatic carbocycles. The Morgan fingerprint density at radius 2 is 1.70 bits per heavy atom. The third-order valence-corrected chi connectivity index (χ3v) is 8.80. The number of likely N-dealkylation sites (tertiary alicyclic amines) is 1. The van der Waals surface area contributed by atoms with Gasteiger partial charge >= 0.3 is 0 Å². The highest BCUT2D eigenvalue weighted by atomic mass is 32.2. The van der Waals surface area contributed by atoms with Gasteiger partial charge in [0.25, 0.3) is 10.0 Å². The molecule has 2 aliphatic rings. The van der Waals surface area contributed by atoms with Crippen LogP contribution in [0.25, 0.3) is 0 Å². The van der Waals surface area contributed by atoms with Crippen LogP contribution in [0, 0.1) is 6.92 Å². The smallest absolute Gasteiger partial charge is 0.264 e. The van der Waals surface area contributed by atoms with Gasteiger partial charge in [-0.05, 0) is 55.7 Å². The molecule has 1 fully saturated rings. The van der Waals surface area contributed by atoms with Crippen molar-refractivity contribution in [3.05, 3.63) is 71.8 Å². The van der Waals surface area contributed by atoms with Crippen molar-refractivity contribution in [2.45, 2.75) is 37.2 Å². The molecule has 0 atom stereocenters. The molecule has 8 nitrogen and oxygen atoms in total. The molecule has 0 unspecified atom stereocenters. The number of hydrogen-bond donors (Lipinski definition) is 0. The molecule has 0 N–H and O–H groups in total. The van der Waals surface area contributed by atoms with Gasteiger partial charge in [-0.15, -0.1) is 0 Å². The molecule has 0 radical (unpaired) electrons. The van der Waals surface area contributed by atoms with Gasteiger partial charge in [0.05, 0.1) is 24.8 Å². The first-order valence-electron chi connectivity index (χ1n) is 12.3. The Hall–Kier alpha value is -3.43. The van der Waals surface area contributed by atoms with Gasteiger partial charge in [-0.1, -0.05) is 24.3 Å². The Bertz CT molecular complexity index is 1370. The van der Waals surface area contributed by atoms with E-state index >= 15 is 0 Å². The molecule has 2 heterocycles. The number of rotatable bonds is 8. The summed E-state index contributed by atoms with van der Waals surface area (Å²) in [6.45, 7) is 4.22. The summed E-state index contributed by atoms with van der Waals surface area (Å²) >= 11 is 0. The maximum Gasteiger partial charge on any atom is 0.264 e. The molecular formula is C28H32N2O6S. The second-order valence-electron chi connectivity index (χ2n) is 9.31. The number of sulfonamides is 1. The van der Waals surface area contributed by atoms with Crippen molar-refractivity contribution < 1.29 is 27.4 Å². The summed E-state index contributed by atoms with van der Waals surface area (Å²) in [7, 11) is -0.531. The van der Waals surface area contributed by atoms with Crippen molar-refractivity contribution in [1.82, 2.24) is 4.90 Å². The lowest BCUT2D eigenvalue weighted by Gasteiger charge is -2.39. The van der Waals surface area contributed by atoms with Crippen LogP contribution in [0.1, 0.15) is 24.0 Å². The van der Waals surface area contributed by atoms with Crippen LogP contribution in [0.5, 0.6) is 23.0 Å². The Kier molecular flexibility index (Phi) is 7.17. The van der Waals surface area contributed by atoms with Crippen LogP contribution in [-0.4, -0.2) is 53.5 Å². The summed E-state index contributed by atoms with van der Waals surface area (Å²) in [5, 5.41) is 0. The van der Waals surface area contributed by atoms with Crippen LogP contribution < -0.4 is 23.3 Å². The average Bonchev–Trinajstić information content (AvgIpc) is 3.37. The largest absolute Gasteiger partial charge is 0.493 e. The summed E-state index contributed by atoms with van der Waals surface area (Å²) in [5.74, 6) is 2.62. The van der Waals surface area contributed by atoms with E-state index in [0.717, 1.165) is 30.0 Å². The SMILES string of the molecule is COc1cccc(CN2CCC(N(c3ccc4c(c3)OCO4)S(=O)(=O)c3cccc(C)c3)CC2)c1OC. The zero-order chi connectivity index (χ0) is 26.0. The molecule has 0 aromatic heterocycles. The molecule has 9 heteroatoms. The van der Waals surface area contributed by atoms with E-state index in [-0.39, 0.29) is 17.7 Å². The molecule has 2 aliphatic heterocycles. The van der Waals surface area contributed by atoms with E-state index in [1.807, 2.05) is 31.2 Å². The van der Waals surface area contributed by atoms with E-state index in [1.54, 1.807) is 54.9 Å². The standard InChI is InChI=1S/C28H32N2O6S/c1-20-6-4-8-24(16-20)37(31,32)30(23-10-11-25-27(17-23)36-19-35-25)22-12-14-29(15-13-22)18-21-7-5-9-26(33-2)28(21)34-3/h4-11,16-17,22H,12-15,18-19H2,1-3H3. The van der Waals surface area contributed by atoms with Crippen LogP contribution in [0.3, 0.4) is 0 Å². The zero-order valence-electron chi connectivity index (χ0n) is 21.3. The van der Waals surface area contributed by atoms with Gasteiger partial charge in [-0.3, -0.25) is 9.21 Å². The van der Waals surface area contributed by atoms with Crippen molar-refractivity contribution in [3.8, 4) is 23.0 Å². The third kappa shape index (κ3) is 5.06. The van der Waals surface area contributed by atoms with Crippen LogP contribution in [0.4, 0.5) is 5.69 Å². The molecule has 0 saturated carbocycles.